The summed E-state index contributed by atoms with van der Waals surface area (Å²) in [6, 6.07) is 18.0. The average molecular weight is 431 g/mol. The highest BCUT2D eigenvalue weighted by molar-refractivity contribution is 5.89. The Kier molecular flexibility index (Phi) is 6.03. The van der Waals surface area contributed by atoms with Gasteiger partial charge in [0, 0.05) is 6.21 Å². The van der Waals surface area contributed by atoms with Crippen LogP contribution in [0.2, 0.25) is 0 Å². The molecule has 0 aliphatic carbocycles. The lowest BCUT2D eigenvalue weighted by molar-refractivity contribution is 0.0600. The molecule has 32 heavy (non-hydrogen) atoms. The van der Waals surface area contributed by atoms with E-state index in [0.717, 1.165) is 16.6 Å². The van der Waals surface area contributed by atoms with Crippen molar-refractivity contribution < 1.29 is 19.0 Å². The molecule has 1 aromatic heterocycles. The normalized spacial score (nSPS) is 11.1. The highest BCUT2D eigenvalue weighted by Crippen LogP contribution is 2.29. The Balaban J connectivity index is 1.45. The van der Waals surface area contributed by atoms with Gasteiger partial charge in [0.25, 0.3) is 0 Å². The lowest BCUT2D eigenvalue weighted by Crippen LogP contribution is -2.02. The van der Waals surface area contributed by atoms with Gasteiger partial charge in [-0.1, -0.05) is 12.1 Å². The number of aromatic amines is 2. The molecule has 0 saturated carbocycles. The highest BCUT2D eigenvalue weighted by atomic mass is 16.5. The predicted octanol–water partition coefficient (Wildman–Crippen LogP) is 3.98. The number of rotatable bonds is 7. The SMILES string of the molecule is COC(=O)c1ccc(COc2ccc(C=Nc3ccc4[nH]c(=O)[nH]c4c3)cc2OC)cc1. The van der Waals surface area contributed by atoms with Crippen LogP contribution in [0, 0.1) is 0 Å². The molecule has 0 atom stereocenters. The molecule has 2 N–H and O–H groups in total. The molecular formula is C24H21N3O5. The fourth-order valence-electron chi connectivity index (χ4n) is 3.15. The second-order valence-corrected chi connectivity index (χ2v) is 6.95. The van der Waals surface area contributed by atoms with E-state index in [9.17, 15) is 9.59 Å². The monoisotopic (exact) mass is 431 g/mol. The van der Waals surface area contributed by atoms with Gasteiger partial charge in [0.2, 0.25) is 0 Å². The molecule has 0 aliphatic heterocycles. The Labute approximate surface area is 183 Å². The van der Waals surface area contributed by atoms with Gasteiger partial charge in [-0.25, -0.2) is 9.59 Å². The maximum Gasteiger partial charge on any atom is 0.337 e. The van der Waals surface area contributed by atoms with Gasteiger partial charge in [0.15, 0.2) is 11.5 Å². The van der Waals surface area contributed by atoms with Crippen molar-refractivity contribution in [2.24, 2.45) is 4.99 Å². The first-order chi connectivity index (χ1) is 15.6. The number of carbonyl (C=O) groups is 1. The average Bonchev–Trinajstić information content (AvgIpc) is 3.20. The largest absolute Gasteiger partial charge is 0.493 e. The number of fused-ring (bicyclic) bond motifs is 1. The maximum absolute atomic E-state index is 11.5. The van der Waals surface area contributed by atoms with Gasteiger partial charge in [-0.2, -0.15) is 0 Å². The van der Waals surface area contributed by atoms with Crippen molar-refractivity contribution in [2.75, 3.05) is 14.2 Å². The standard InChI is InChI=1S/C24H21N3O5/c1-30-22-11-16(13-25-18-8-9-19-20(12-18)27-24(29)26-19)5-10-21(22)32-14-15-3-6-17(7-4-15)23(28)31-2/h3-13H,14H2,1-2H3,(H2,26,27,29). The molecule has 0 spiro atoms. The van der Waals surface area contributed by atoms with Gasteiger partial charge in [-0.3, -0.25) is 4.99 Å². The maximum atomic E-state index is 11.5. The first-order valence-electron chi connectivity index (χ1n) is 9.80. The minimum atomic E-state index is -0.377. The first kappa shape index (κ1) is 20.9. The summed E-state index contributed by atoms with van der Waals surface area (Å²) < 4.78 is 16.0. The molecule has 162 valence electrons. The predicted molar refractivity (Wildman–Crippen MR) is 121 cm³/mol. The fourth-order valence-corrected chi connectivity index (χ4v) is 3.15. The van der Waals surface area contributed by atoms with Crippen molar-refractivity contribution in [3.63, 3.8) is 0 Å². The van der Waals surface area contributed by atoms with Crippen LogP contribution in [0.4, 0.5) is 5.69 Å². The summed E-state index contributed by atoms with van der Waals surface area (Å²) in [4.78, 5) is 32.8. The molecule has 1 heterocycles. The lowest BCUT2D eigenvalue weighted by atomic mass is 10.1. The summed E-state index contributed by atoms with van der Waals surface area (Å²) in [5.41, 5.74) is 4.12. The van der Waals surface area contributed by atoms with Crippen molar-refractivity contribution in [3.05, 3.63) is 87.8 Å². The minimum absolute atomic E-state index is 0.249. The van der Waals surface area contributed by atoms with Crippen LogP contribution in [0.5, 0.6) is 11.5 Å². The molecule has 0 amide bonds. The summed E-state index contributed by atoms with van der Waals surface area (Å²) in [7, 11) is 2.92. The highest BCUT2D eigenvalue weighted by Gasteiger charge is 2.08. The number of hydrogen-bond acceptors (Lipinski definition) is 6. The summed E-state index contributed by atoms with van der Waals surface area (Å²) in [5, 5.41) is 0. The van der Waals surface area contributed by atoms with E-state index in [1.807, 2.05) is 36.4 Å². The van der Waals surface area contributed by atoms with E-state index >= 15 is 0 Å². The molecule has 4 rings (SSSR count). The topological polar surface area (TPSA) is 106 Å². The number of imidazole rings is 1. The molecule has 0 fully saturated rings. The van der Waals surface area contributed by atoms with Crippen LogP contribution in [-0.2, 0) is 11.3 Å². The summed E-state index contributed by atoms with van der Waals surface area (Å²) in [6.45, 7) is 0.320. The van der Waals surface area contributed by atoms with E-state index in [1.165, 1.54) is 7.11 Å². The van der Waals surface area contributed by atoms with E-state index in [-0.39, 0.29) is 11.7 Å². The number of aliphatic imine (C=N–C) groups is 1. The smallest absolute Gasteiger partial charge is 0.337 e. The molecule has 0 bridgehead atoms. The molecule has 8 nitrogen and oxygen atoms in total. The number of hydrogen-bond donors (Lipinski definition) is 2. The third-order valence-electron chi connectivity index (χ3n) is 4.82. The summed E-state index contributed by atoms with van der Waals surface area (Å²) >= 11 is 0. The zero-order valence-corrected chi connectivity index (χ0v) is 17.5. The Bertz CT molecular complexity index is 1340. The number of ether oxygens (including phenoxy) is 3. The van der Waals surface area contributed by atoms with Crippen molar-refractivity contribution >= 4 is 28.9 Å². The summed E-state index contributed by atoms with van der Waals surface area (Å²) in [5.74, 6) is 0.788. The van der Waals surface area contributed by atoms with E-state index in [2.05, 4.69) is 15.0 Å². The Morgan fingerprint density at radius 1 is 0.938 bits per heavy atom. The molecule has 0 radical (unpaired) electrons. The number of nitrogens with one attached hydrogen (secondary N) is 2. The zero-order valence-electron chi connectivity index (χ0n) is 17.5. The van der Waals surface area contributed by atoms with Gasteiger partial charge >= 0.3 is 11.7 Å². The van der Waals surface area contributed by atoms with Crippen LogP contribution < -0.4 is 15.2 Å². The molecule has 0 aliphatic rings. The lowest BCUT2D eigenvalue weighted by Gasteiger charge is -2.11. The second kappa shape index (κ2) is 9.22. The third-order valence-corrected chi connectivity index (χ3v) is 4.82. The molecule has 0 unspecified atom stereocenters. The van der Waals surface area contributed by atoms with Gasteiger partial charge in [-0.15, -0.1) is 0 Å². The van der Waals surface area contributed by atoms with Gasteiger partial charge < -0.3 is 24.2 Å². The van der Waals surface area contributed by atoms with Crippen LogP contribution in [0.1, 0.15) is 21.5 Å². The number of benzene rings is 3. The van der Waals surface area contributed by atoms with Crippen molar-refractivity contribution in [1.82, 2.24) is 9.97 Å². The number of H-pyrrole nitrogens is 2. The Morgan fingerprint density at radius 2 is 1.72 bits per heavy atom. The Hall–Kier alpha value is -4.33. The number of carbonyl (C=O) groups excluding carboxylic acids is 1. The molecular weight excluding hydrogens is 410 g/mol. The van der Waals surface area contributed by atoms with Crippen LogP contribution in [-0.4, -0.2) is 36.4 Å². The molecule has 0 saturated heterocycles. The van der Waals surface area contributed by atoms with Crippen molar-refractivity contribution in [3.8, 4) is 11.5 Å². The quantitative estimate of drug-likeness (QED) is 0.340. The van der Waals surface area contributed by atoms with Gasteiger partial charge in [-0.05, 0) is 59.7 Å². The Morgan fingerprint density at radius 3 is 2.47 bits per heavy atom. The minimum Gasteiger partial charge on any atom is -0.493 e. The number of aromatic nitrogens is 2. The molecule has 4 aromatic rings. The van der Waals surface area contributed by atoms with Crippen LogP contribution >= 0.6 is 0 Å². The zero-order chi connectivity index (χ0) is 22.5. The van der Waals surface area contributed by atoms with E-state index in [1.54, 1.807) is 37.6 Å². The van der Waals surface area contributed by atoms with E-state index in [4.69, 9.17) is 14.2 Å². The van der Waals surface area contributed by atoms with Crippen molar-refractivity contribution in [1.29, 1.82) is 0 Å². The number of nitrogens with zero attached hydrogens (tertiary/aromatic N) is 1. The van der Waals surface area contributed by atoms with Crippen LogP contribution in [0.3, 0.4) is 0 Å². The van der Waals surface area contributed by atoms with E-state index in [0.29, 0.717) is 34.9 Å². The van der Waals surface area contributed by atoms with Gasteiger partial charge in [0.05, 0.1) is 36.5 Å². The second-order valence-electron chi connectivity index (χ2n) is 6.95. The molecule has 3 aromatic carbocycles. The third kappa shape index (κ3) is 4.70. The van der Waals surface area contributed by atoms with Crippen LogP contribution in [0.15, 0.2) is 70.5 Å². The van der Waals surface area contributed by atoms with Crippen LogP contribution in [0.25, 0.3) is 11.0 Å². The molecule has 8 heteroatoms. The van der Waals surface area contributed by atoms with Gasteiger partial charge in [0.1, 0.15) is 6.61 Å². The first-order valence-corrected chi connectivity index (χ1v) is 9.80. The summed E-state index contributed by atoms with van der Waals surface area (Å²) in [6.07, 6.45) is 1.71. The van der Waals surface area contributed by atoms with E-state index < -0.39 is 0 Å². The fraction of sp³-hybridized carbons (Fsp3) is 0.125. The van der Waals surface area contributed by atoms with Crippen molar-refractivity contribution in [2.45, 2.75) is 6.61 Å². The number of methoxy groups -OCH3 is 2. The number of esters is 1.